The van der Waals surface area contributed by atoms with E-state index in [-0.39, 0.29) is 5.38 Å². The van der Waals surface area contributed by atoms with Gasteiger partial charge in [-0.3, -0.25) is 0 Å². The number of nitrogens with zero attached hydrogens (tertiary/aromatic N) is 3. The lowest BCUT2D eigenvalue weighted by molar-refractivity contribution is 0.651. The molecule has 0 saturated heterocycles. The van der Waals surface area contributed by atoms with Gasteiger partial charge in [-0.05, 0) is 22.8 Å². The molecule has 1 aromatic heterocycles. The van der Waals surface area contributed by atoms with Crippen LogP contribution >= 0.6 is 11.6 Å². The van der Waals surface area contributed by atoms with E-state index in [4.69, 9.17) is 11.6 Å². The van der Waals surface area contributed by atoms with Crippen LogP contribution in [-0.2, 0) is 6.54 Å². The first-order chi connectivity index (χ1) is 9.78. The minimum Gasteiger partial charge on any atom is -0.248 e. The SMILES string of the molecule is CCC(Cl)c1cn(Cc2cccc3ccccc23)nn1. The second-order valence-corrected chi connectivity index (χ2v) is 5.38. The molecule has 1 heterocycles. The topological polar surface area (TPSA) is 30.7 Å². The quantitative estimate of drug-likeness (QED) is 0.674. The molecule has 3 nitrogen and oxygen atoms in total. The Balaban J connectivity index is 1.91. The van der Waals surface area contributed by atoms with Gasteiger partial charge in [0.15, 0.2) is 0 Å². The molecule has 0 saturated carbocycles. The average molecular weight is 286 g/mol. The van der Waals surface area contributed by atoms with E-state index in [1.807, 2.05) is 17.8 Å². The van der Waals surface area contributed by atoms with Crippen LogP contribution in [0.1, 0.15) is 30.0 Å². The smallest absolute Gasteiger partial charge is 0.101 e. The van der Waals surface area contributed by atoms with Gasteiger partial charge in [0.25, 0.3) is 0 Å². The van der Waals surface area contributed by atoms with Crippen LogP contribution in [-0.4, -0.2) is 15.0 Å². The zero-order valence-electron chi connectivity index (χ0n) is 11.3. The molecule has 3 aromatic rings. The third-order valence-corrected chi connectivity index (χ3v) is 3.98. The highest BCUT2D eigenvalue weighted by molar-refractivity contribution is 6.20. The standard InChI is InChI=1S/C16H16ClN3/c1-2-15(17)16-11-20(19-18-16)10-13-8-5-7-12-6-3-4-9-14(12)13/h3-9,11,15H,2,10H2,1H3. The average Bonchev–Trinajstić information content (AvgIpc) is 2.95. The number of fused-ring (bicyclic) bond motifs is 1. The molecule has 0 amide bonds. The van der Waals surface area contributed by atoms with Crippen LogP contribution in [0.4, 0.5) is 0 Å². The van der Waals surface area contributed by atoms with Gasteiger partial charge in [-0.2, -0.15) is 0 Å². The van der Waals surface area contributed by atoms with Gasteiger partial charge in [-0.1, -0.05) is 54.6 Å². The molecule has 0 bridgehead atoms. The highest BCUT2D eigenvalue weighted by atomic mass is 35.5. The number of benzene rings is 2. The Bertz CT molecular complexity index is 715. The number of rotatable bonds is 4. The predicted molar refractivity (Wildman–Crippen MR) is 82.0 cm³/mol. The number of hydrogen-bond acceptors (Lipinski definition) is 2. The van der Waals surface area contributed by atoms with E-state index in [0.717, 1.165) is 12.1 Å². The van der Waals surface area contributed by atoms with Gasteiger partial charge in [0.1, 0.15) is 5.69 Å². The molecule has 0 N–H and O–H groups in total. The molecule has 20 heavy (non-hydrogen) atoms. The third kappa shape index (κ3) is 2.54. The summed E-state index contributed by atoms with van der Waals surface area (Å²) in [5.74, 6) is 0. The van der Waals surface area contributed by atoms with Crippen molar-refractivity contribution in [3.05, 3.63) is 59.9 Å². The van der Waals surface area contributed by atoms with Crippen molar-refractivity contribution in [1.29, 1.82) is 0 Å². The summed E-state index contributed by atoms with van der Waals surface area (Å²) in [5, 5.41) is 10.8. The molecule has 1 atom stereocenters. The Kier molecular flexibility index (Phi) is 3.70. The van der Waals surface area contributed by atoms with Crippen molar-refractivity contribution in [1.82, 2.24) is 15.0 Å². The molecule has 102 valence electrons. The summed E-state index contributed by atoms with van der Waals surface area (Å²) in [6.45, 7) is 2.75. The van der Waals surface area contributed by atoms with Gasteiger partial charge in [0.05, 0.1) is 18.1 Å². The van der Waals surface area contributed by atoms with E-state index < -0.39 is 0 Å². The van der Waals surface area contributed by atoms with E-state index in [9.17, 15) is 0 Å². The third-order valence-electron chi connectivity index (χ3n) is 3.45. The summed E-state index contributed by atoms with van der Waals surface area (Å²) < 4.78 is 1.85. The van der Waals surface area contributed by atoms with Crippen molar-refractivity contribution in [3.63, 3.8) is 0 Å². The Morgan fingerprint density at radius 1 is 1.15 bits per heavy atom. The van der Waals surface area contributed by atoms with E-state index in [0.29, 0.717) is 6.54 Å². The molecule has 3 rings (SSSR count). The van der Waals surface area contributed by atoms with Crippen molar-refractivity contribution in [3.8, 4) is 0 Å². The molecular weight excluding hydrogens is 270 g/mol. The monoisotopic (exact) mass is 285 g/mol. The Hall–Kier alpha value is -1.87. The highest BCUT2D eigenvalue weighted by Gasteiger charge is 2.10. The lowest BCUT2D eigenvalue weighted by Gasteiger charge is -2.06. The minimum absolute atomic E-state index is 0.0590. The van der Waals surface area contributed by atoms with E-state index in [2.05, 4.69) is 52.8 Å². The van der Waals surface area contributed by atoms with Crippen molar-refractivity contribution >= 4 is 22.4 Å². The van der Waals surface area contributed by atoms with Crippen molar-refractivity contribution in [2.24, 2.45) is 0 Å². The van der Waals surface area contributed by atoms with Crippen LogP contribution in [0.5, 0.6) is 0 Å². The Morgan fingerprint density at radius 3 is 2.80 bits per heavy atom. The normalized spacial score (nSPS) is 12.7. The van der Waals surface area contributed by atoms with Crippen LogP contribution in [0.25, 0.3) is 10.8 Å². The maximum absolute atomic E-state index is 6.19. The fraction of sp³-hybridized carbons (Fsp3) is 0.250. The fourth-order valence-electron chi connectivity index (χ4n) is 2.35. The molecule has 0 fully saturated rings. The maximum Gasteiger partial charge on any atom is 0.101 e. The van der Waals surface area contributed by atoms with Gasteiger partial charge in [-0.15, -0.1) is 16.7 Å². The lowest BCUT2D eigenvalue weighted by Crippen LogP contribution is -2.01. The van der Waals surface area contributed by atoms with Crippen LogP contribution in [0, 0.1) is 0 Å². The van der Waals surface area contributed by atoms with E-state index in [1.165, 1.54) is 16.3 Å². The van der Waals surface area contributed by atoms with Gasteiger partial charge in [0, 0.05) is 0 Å². The van der Waals surface area contributed by atoms with E-state index >= 15 is 0 Å². The number of aromatic nitrogens is 3. The Morgan fingerprint density at radius 2 is 1.95 bits per heavy atom. The van der Waals surface area contributed by atoms with Crippen LogP contribution in [0.15, 0.2) is 48.7 Å². The number of alkyl halides is 1. The molecule has 4 heteroatoms. The maximum atomic E-state index is 6.19. The second kappa shape index (κ2) is 5.63. The molecule has 0 aliphatic heterocycles. The molecule has 0 aliphatic carbocycles. The number of halogens is 1. The first-order valence-corrected chi connectivity index (χ1v) is 7.22. The first-order valence-electron chi connectivity index (χ1n) is 6.78. The van der Waals surface area contributed by atoms with Gasteiger partial charge >= 0.3 is 0 Å². The summed E-state index contributed by atoms with van der Waals surface area (Å²) >= 11 is 6.19. The van der Waals surface area contributed by atoms with Gasteiger partial charge < -0.3 is 0 Å². The molecule has 2 aromatic carbocycles. The van der Waals surface area contributed by atoms with Crippen molar-refractivity contribution in [2.75, 3.05) is 0 Å². The van der Waals surface area contributed by atoms with Crippen LogP contribution in [0.2, 0.25) is 0 Å². The first kappa shape index (κ1) is 13.1. The number of hydrogen-bond donors (Lipinski definition) is 0. The molecule has 0 aliphatic rings. The molecule has 1 unspecified atom stereocenters. The molecule has 0 radical (unpaired) electrons. The second-order valence-electron chi connectivity index (χ2n) is 4.86. The van der Waals surface area contributed by atoms with Crippen molar-refractivity contribution < 1.29 is 0 Å². The highest BCUT2D eigenvalue weighted by Crippen LogP contribution is 2.22. The minimum atomic E-state index is -0.0590. The fourth-order valence-corrected chi connectivity index (χ4v) is 2.45. The van der Waals surface area contributed by atoms with E-state index in [1.54, 1.807) is 0 Å². The van der Waals surface area contributed by atoms with Crippen LogP contribution in [0.3, 0.4) is 0 Å². The summed E-state index contributed by atoms with van der Waals surface area (Å²) in [6, 6.07) is 14.7. The lowest BCUT2D eigenvalue weighted by atomic mass is 10.0. The van der Waals surface area contributed by atoms with Gasteiger partial charge in [0.2, 0.25) is 0 Å². The summed E-state index contributed by atoms with van der Waals surface area (Å²) in [4.78, 5) is 0. The zero-order chi connectivity index (χ0) is 13.9. The van der Waals surface area contributed by atoms with Crippen LogP contribution < -0.4 is 0 Å². The summed E-state index contributed by atoms with van der Waals surface area (Å²) in [7, 11) is 0. The molecule has 0 spiro atoms. The summed E-state index contributed by atoms with van der Waals surface area (Å²) in [5.41, 5.74) is 2.08. The predicted octanol–water partition coefficient (Wildman–Crippen LogP) is 4.17. The summed E-state index contributed by atoms with van der Waals surface area (Å²) in [6.07, 6.45) is 2.79. The van der Waals surface area contributed by atoms with Gasteiger partial charge in [-0.25, -0.2) is 4.68 Å². The largest absolute Gasteiger partial charge is 0.248 e. The zero-order valence-corrected chi connectivity index (χ0v) is 12.1. The Labute approximate surface area is 123 Å². The van der Waals surface area contributed by atoms with Crippen molar-refractivity contribution in [2.45, 2.75) is 25.3 Å². The molecular formula is C16H16ClN3.